The molecule has 0 bridgehead atoms. The molecular weight excluding hydrogens is 358 g/mol. The van der Waals surface area contributed by atoms with Crippen molar-refractivity contribution in [3.63, 3.8) is 0 Å². The van der Waals surface area contributed by atoms with Crippen molar-refractivity contribution in [3.8, 4) is 11.5 Å². The number of thioether (sulfide) groups is 1. The molecule has 1 amide bonds. The molecule has 0 radical (unpaired) electrons. The van der Waals surface area contributed by atoms with Crippen LogP contribution in [0.5, 0.6) is 11.5 Å². The van der Waals surface area contributed by atoms with E-state index in [9.17, 15) is 4.79 Å². The zero-order chi connectivity index (χ0) is 19.5. The van der Waals surface area contributed by atoms with Crippen molar-refractivity contribution in [3.05, 3.63) is 59.7 Å². The standard InChI is InChI=1S/C22H29NO3S/c1-17(2)26-21-8-4-6-18(14-21)7-5-13-23-22(24)16-27-15-19-9-11-20(25-3)12-10-19/h4,6,8-12,14,17H,5,7,13,15-16H2,1-3H3,(H,23,24). The summed E-state index contributed by atoms with van der Waals surface area (Å²) < 4.78 is 10.9. The van der Waals surface area contributed by atoms with E-state index in [4.69, 9.17) is 9.47 Å². The second kappa shape index (κ2) is 11.5. The molecule has 0 atom stereocenters. The quantitative estimate of drug-likeness (QED) is 0.578. The fraction of sp³-hybridized carbons (Fsp3) is 0.409. The minimum absolute atomic E-state index is 0.0883. The maximum atomic E-state index is 11.9. The average molecular weight is 388 g/mol. The molecule has 146 valence electrons. The summed E-state index contributed by atoms with van der Waals surface area (Å²) >= 11 is 1.62. The monoisotopic (exact) mass is 387 g/mol. The summed E-state index contributed by atoms with van der Waals surface area (Å²) in [6.45, 7) is 4.74. The first-order valence-corrected chi connectivity index (χ1v) is 10.5. The maximum absolute atomic E-state index is 11.9. The Morgan fingerprint density at radius 2 is 1.85 bits per heavy atom. The molecule has 0 saturated heterocycles. The normalized spacial score (nSPS) is 10.7. The first kappa shape index (κ1) is 21.2. The summed E-state index contributed by atoms with van der Waals surface area (Å²) in [6.07, 6.45) is 2.02. The lowest BCUT2D eigenvalue weighted by Crippen LogP contribution is -2.26. The van der Waals surface area contributed by atoms with Crippen LogP contribution >= 0.6 is 11.8 Å². The van der Waals surface area contributed by atoms with Crippen LogP contribution in [0.2, 0.25) is 0 Å². The molecule has 5 heteroatoms. The van der Waals surface area contributed by atoms with Gasteiger partial charge in [-0.05, 0) is 62.1 Å². The zero-order valence-corrected chi connectivity index (χ0v) is 17.2. The average Bonchev–Trinajstić information content (AvgIpc) is 2.65. The SMILES string of the molecule is COc1ccc(CSCC(=O)NCCCc2cccc(OC(C)C)c2)cc1. The number of amides is 1. The predicted octanol–water partition coefficient (Wildman–Crippen LogP) is 4.46. The van der Waals surface area contributed by atoms with Crippen LogP contribution in [0, 0.1) is 0 Å². The third-order valence-corrected chi connectivity index (χ3v) is 4.90. The Bertz CT molecular complexity index is 701. The Labute approximate surface area is 166 Å². The van der Waals surface area contributed by atoms with Crippen LogP contribution in [0.3, 0.4) is 0 Å². The number of rotatable bonds is 11. The smallest absolute Gasteiger partial charge is 0.230 e. The molecule has 0 aromatic heterocycles. The van der Waals surface area contributed by atoms with Crippen LogP contribution in [0.15, 0.2) is 48.5 Å². The Morgan fingerprint density at radius 1 is 1.07 bits per heavy atom. The van der Waals surface area contributed by atoms with E-state index in [0.29, 0.717) is 12.3 Å². The molecule has 0 saturated carbocycles. The first-order chi connectivity index (χ1) is 13.1. The highest BCUT2D eigenvalue weighted by molar-refractivity contribution is 7.99. The van der Waals surface area contributed by atoms with Crippen molar-refractivity contribution in [2.24, 2.45) is 0 Å². The number of methoxy groups -OCH3 is 1. The number of nitrogens with one attached hydrogen (secondary N) is 1. The lowest BCUT2D eigenvalue weighted by atomic mass is 10.1. The molecule has 0 heterocycles. The molecular formula is C22H29NO3S. The molecule has 2 aromatic rings. The molecule has 0 aliphatic rings. The van der Waals surface area contributed by atoms with Gasteiger partial charge in [0.15, 0.2) is 0 Å². The molecule has 4 nitrogen and oxygen atoms in total. The van der Waals surface area contributed by atoms with Crippen LogP contribution in [0.25, 0.3) is 0 Å². The van der Waals surface area contributed by atoms with E-state index in [1.54, 1.807) is 18.9 Å². The summed E-state index contributed by atoms with van der Waals surface area (Å²) in [5.41, 5.74) is 2.42. The third-order valence-electron chi connectivity index (χ3n) is 3.90. The van der Waals surface area contributed by atoms with Gasteiger partial charge in [0.2, 0.25) is 5.91 Å². The molecule has 0 aliphatic heterocycles. The lowest BCUT2D eigenvalue weighted by molar-refractivity contribution is -0.118. The Balaban J connectivity index is 1.60. The van der Waals surface area contributed by atoms with E-state index in [0.717, 1.165) is 30.1 Å². The number of hydrogen-bond donors (Lipinski definition) is 1. The van der Waals surface area contributed by atoms with Crippen molar-refractivity contribution >= 4 is 17.7 Å². The van der Waals surface area contributed by atoms with E-state index >= 15 is 0 Å². The van der Waals surface area contributed by atoms with Gasteiger partial charge in [-0.1, -0.05) is 24.3 Å². The van der Waals surface area contributed by atoms with Crippen molar-refractivity contribution in [1.82, 2.24) is 5.32 Å². The highest BCUT2D eigenvalue weighted by atomic mass is 32.2. The number of ether oxygens (including phenoxy) is 2. The molecule has 0 unspecified atom stereocenters. The van der Waals surface area contributed by atoms with Gasteiger partial charge < -0.3 is 14.8 Å². The van der Waals surface area contributed by atoms with Gasteiger partial charge in [0, 0.05) is 12.3 Å². The minimum Gasteiger partial charge on any atom is -0.497 e. The zero-order valence-electron chi connectivity index (χ0n) is 16.4. The van der Waals surface area contributed by atoms with Crippen LogP contribution in [-0.4, -0.2) is 31.4 Å². The van der Waals surface area contributed by atoms with E-state index in [-0.39, 0.29) is 12.0 Å². The fourth-order valence-electron chi connectivity index (χ4n) is 2.60. The molecule has 1 N–H and O–H groups in total. The van der Waals surface area contributed by atoms with Crippen molar-refractivity contribution in [1.29, 1.82) is 0 Å². The number of carbonyl (C=O) groups is 1. The van der Waals surface area contributed by atoms with Crippen molar-refractivity contribution in [2.45, 2.75) is 38.5 Å². The third kappa shape index (κ3) is 8.39. The van der Waals surface area contributed by atoms with E-state index in [2.05, 4.69) is 17.4 Å². The lowest BCUT2D eigenvalue weighted by Gasteiger charge is -2.11. The van der Waals surface area contributed by atoms with Gasteiger partial charge in [-0.2, -0.15) is 0 Å². The van der Waals surface area contributed by atoms with Crippen LogP contribution in [0.4, 0.5) is 0 Å². The molecule has 2 aromatic carbocycles. The Hall–Kier alpha value is -2.14. The number of aryl methyl sites for hydroxylation is 1. The van der Waals surface area contributed by atoms with Gasteiger partial charge in [-0.15, -0.1) is 11.8 Å². The molecule has 0 spiro atoms. The van der Waals surface area contributed by atoms with Crippen LogP contribution in [0.1, 0.15) is 31.4 Å². The first-order valence-electron chi connectivity index (χ1n) is 9.30. The van der Waals surface area contributed by atoms with Crippen molar-refractivity contribution < 1.29 is 14.3 Å². The van der Waals surface area contributed by atoms with E-state index in [1.165, 1.54) is 11.1 Å². The second-order valence-corrected chi connectivity index (χ2v) is 7.59. The number of hydrogen-bond acceptors (Lipinski definition) is 4. The molecule has 0 fully saturated rings. The van der Waals surface area contributed by atoms with Gasteiger partial charge in [-0.3, -0.25) is 4.79 Å². The van der Waals surface area contributed by atoms with Gasteiger partial charge in [-0.25, -0.2) is 0 Å². The summed E-state index contributed by atoms with van der Waals surface area (Å²) in [7, 11) is 1.66. The Morgan fingerprint density at radius 3 is 2.56 bits per heavy atom. The largest absolute Gasteiger partial charge is 0.497 e. The molecule has 27 heavy (non-hydrogen) atoms. The van der Waals surface area contributed by atoms with E-state index < -0.39 is 0 Å². The van der Waals surface area contributed by atoms with Crippen LogP contribution in [-0.2, 0) is 17.0 Å². The molecule has 2 rings (SSSR count). The second-order valence-electron chi connectivity index (χ2n) is 6.61. The van der Waals surface area contributed by atoms with Crippen LogP contribution < -0.4 is 14.8 Å². The highest BCUT2D eigenvalue weighted by Crippen LogP contribution is 2.17. The minimum atomic E-state index is 0.0883. The Kier molecular flexibility index (Phi) is 9.05. The van der Waals surface area contributed by atoms with Gasteiger partial charge in [0.25, 0.3) is 0 Å². The summed E-state index contributed by atoms with van der Waals surface area (Å²) in [5.74, 6) is 3.14. The predicted molar refractivity (Wildman–Crippen MR) is 113 cm³/mol. The van der Waals surface area contributed by atoms with Gasteiger partial charge in [0.05, 0.1) is 19.0 Å². The van der Waals surface area contributed by atoms with E-state index in [1.807, 2.05) is 50.2 Å². The van der Waals surface area contributed by atoms with Gasteiger partial charge in [0.1, 0.15) is 11.5 Å². The summed E-state index contributed by atoms with van der Waals surface area (Å²) in [5, 5.41) is 2.99. The van der Waals surface area contributed by atoms with Crippen molar-refractivity contribution in [2.75, 3.05) is 19.4 Å². The maximum Gasteiger partial charge on any atom is 0.230 e. The summed E-state index contributed by atoms with van der Waals surface area (Å²) in [6, 6.07) is 16.1. The highest BCUT2D eigenvalue weighted by Gasteiger charge is 2.03. The summed E-state index contributed by atoms with van der Waals surface area (Å²) in [4.78, 5) is 11.9. The topological polar surface area (TPSA) is 47.6 Å². The van der Waals surface area contributed by atoms with Gasteiger partial charge >= 0.3 is 0 Å². The molecule has 0 aliphatic carbocycles. The number of carbonyl (C=O) groups excluding carboxylic acids is 1. The number of benzene rings is 2. The fourth-order valence-corrected chi connectivity index (χ4v) is 3.42.